The summed E-state index contributed by atoms with van der Waals surface area (Å²) in [7, 11) is 0. The first-order valence-electron chi connectivity index (χ1n) is 7.91. The number of carbonyl (C=O) groups is 1. The third-order valence-electron chi connectivity index (χ3n) is 4.58. The monoisotopic (exact) mass is 289 g/mol. The third kappa shape index (κ3) is 3.05. The van der Waals surface area contributed by atoms with Crippen molar-refractivity contribution >= 4 is 5.91 Å². The fraction of sp³-hybridized carbons (Fsp3) is 0.588. The summed E-state index contributed by atoms with van der Waals surface area (Å²) in [4.78, 5) is 14.8. The highest BCUT2D eigenvalue weighted by Crippen LogP contribution is 2.30. The van der Waals surface area contributed by atoms with Gasteiger partial charge in [0.15, 0.2) is 0 Å². The second-order valence-corrected chi connectivity index (χ2v) is 6.01. The number of aliphatic hydroxyl groups is 1. The molecule has 2 heterocycles. The van der Waals surface area contributed by atoms with Crippen LogP contribution < -0.4 is 4.74 Å². The lowest BCUT2D eigenvalue weighted by molar-refractivity contribution is -0.137. The first-order valence-corrected chi connectivity index (χ1v) is 7.91. The topological polar surface area (TPSA) is 49.8 Å². The Morgan fingerprint density at radius 3 is 3.10 bits per heavy atom. The minimum absolute atomic E-state index is 0.0605. The smallest absolute Gasteiger partial charge is 0.229 e. The Kier molecular flexibility index (Phi) is 4.44. The van der Waals surface area contributed by atoms with Crippen LogP contribution in [-0.2, 0) is 11.2 Å². The first-order chi connectivity index (χ1) is 10.3. The van der Waals surface area contributed by atoms with Crippen molar-refractivity contribution in [2.75, 3.05) is 19.8 Å². The van der Waals surface area contributed by atoms with Crippen LogP contribution in [0.5, 0.6) is 5.75 Å². The van der Waals surface area contributed by atoms with Gasteiger partial charge < -0.3 is 14.7 Å². The summed E-state index contributed by atoms with van der Waals surface area (Å²) in [6.45, 7) is 1.55. The van der Waals surface area contributed by atoms with E-state index in [0.29, 0.717) is 12.6 Å². The molecule has 4 heteroatoms. The summed E-state index contributed by atoms with van der Waals surface area (Å²) in [5.41, 5.74) is 1.13. The van der Waals surface area contributed by atoms with Crippen molar-refractivity contribution in [3.8, 4) is 5.75 Å². The van der Waals surface area contributed by atoms with E-state index in [-0.39, 0.29) is 18.4 Å². The molecule has 1 fully saturated rings. The molecule has 1 saturated heterocycles. The number of para-hydroxylation sites is 1. The molecular weight excluding hydrogens is 266 g/mol. The quantitative estimate of drug-likeness (QED) is 0.922. The second-order valence-electron chi connectivity index (χ2n) is 6.01. The van der Waals surface area contributed by atoms with Gasteiger partial charge in [0.2, 0.25) is 5.91 Å². The maximum Gasteiger partial charge on any atom is 0.229 e. The molecule has 2 atom stereocenters. The number of nitrogens with zero attached hydrogens (tertiary/aromatic N) is 1. The average molecular weight is 289 g/mol. The predicted octanol–water partition coefficient (Wildman–Crippen LogP) is 2.00. The van der Waals surface area contributed by atoms with Gasteiger partial charge in [-0.1, -0.05) is 18.2 Å². The average Bonchev–Trinajstić information content (AvgIpc) is 3.00. The lowest BCUT2D eigenvalue weighted by atomic mass is 9.95. The van der Waals surface area contributed by atoms with Crippen LogP contribution in [0, 0.1) is 5.92 Å². The minimum atomic E-state index is -0.0605. The predicted molar refractivity (Wildman–Crippen MR) is 80.2 cm³/mol. The van der Waals surface area contributed by atoms with Gasteiger partial charge in [-0.25, -0.2) is 0 Å². The van der Waals surface area contributed by atoms with Crippen LogP contribution in [0.25, 0.3) is 0 Å². The zero-order valence-electron chi connectivity index (χ0n) is 12.3. The summed E-state index contributed by atoms with van der Waals surface area (Å²) in [6, 6.07) is 8.28. The van der Waals surface area contributed by atoms with Crippen molar-refractivity contribution in [1.29, 1.82) is 0 Å². The number of amides is 1. The van der Waals surface area contributed by atoms with Crippen LogP contribution >= 0.6 is 0 Å². The Labute approximate surface area is 125 Å². The lowest BCUT2D eigenvalue weighted by Gasteiger charge is -2.31. The summed E-state index contributed by atoms with van der Waals surface area (Å²) in [5, 5.41) is 8.99. The van der Waals surface area contributed by atoms with E-state index >= 15 is 0 Å². The van der Waals surface area contributed by atoms with Gasteiger partial charge in [0.05, 0.1) is 5.92 Å². The van der Waals surface area contributed by atoms with Crippen molar-refractivity contribution in [2.45, 2.75) is 38.1 Å². The van der Waals surface area contributed by atoms with Gasteiger partial charge in [-0.15, -0.1) is 0 Å². The highest BCUT2D eigenvalue weighted by molar-refractivity contribution is 5.80. The summed E-state index contributed by atoms with van der Waals surface area (Å²) < 4.78 is 5.75. The Balaban J connectivity index is 1.66. The molecule has 0 radical (unpaired) electrons. The van der Waals surface area contributed by atoms with E-state index < -0.39 is 0 Å². The zero-order chi connectivity index (χ0) is 14.7. The second kappa shape index (κ2) is 6.48. The molecular formula is C17H23NO3. The Morgan fingerprint density at radius 2 is 2.24 bits per heavy atom. The van der Waals surface area contributed by atoms with Crippen LogP contribution in [0.15, 0.2) is 24.3 Å². The Hall–Kier alpha value is -1.55. The number of ether oxygens (including phenoxy) is 1. The fourth-order valence-corrected chi connectivity index (χ4v) is 3.47. The number of hydrogen-bond donors (Lipinski definition) is 1. The van der Waals surface area contributed by atoms with Crippen LogP contribution in [-0.4, -0.2) is 41.7 Å². The van der Waals surface area contributed by atoms with E-state index in [1.807, 2.05) is 29.2 Å². The van der Waals surface area contributed by atoms with Gasteiger partial charge in [0.25, 0.3) is 0 Å². The highest BCUT2D eigenvalue weighted by atomic mass is 16.5. The Morgan fingerprint density at radius 1 is 1.38 bits per heavy atom. The van der Waals surface area contributed by atoms with E-state index in [9.17, 15) is 4.79 Å². The van der Waals surface area contributed by atoms with Crippen molar-refractivity contribution < 1.29 is 14.6 Å². The van der Waals surface area contributed by atoms with Crippen LogP contribution in [0.2, 0.25) is 0 Å². The molecule has 1 N–H and O–H groups in total. The molecule has 1 aromatic carbocycles. The van der Waals surface area contributed by atoms with Crippen LogP contribution in [0.3, 0.4) is 0 Å². The number of benzene rings is 1. The molecule has 21 heavy (non-hydrogen) atoms. The molecule has 114 valence electrons. The number of rotatable bonds is 4. The molecule has 2 unspecified atom stereocenters. The van der Waals surface area contributed by atoms with Crippen molar-refractivity contribution in [1.82, 2.24) is 4.90 Å². The molecule has 2 aliphatic heterocycles. The van der Waals surface area contributed by atoms with E-state index in [1.54, 1.807) is 0 Å². The molecule has 0 saturated carbocycles. The fourth-order valence-electron chi connectivity index (χ4n) is 3.47. The van der Waals surface area contributed by atoms with Crippen molar-refractivity contribution in [3.63, 3.8) is 0 Å². The van der Waals surface area contributed by atoms with Gasteiger partial charge in [0.1, 0.15) is 12.4 Å². The number of hydrogen-bond acceptors (Lipinski definition) is 3. The standard InChI is InChI=1S/C17H23NO3/c19-10-4-7-15-6-3-9-18(15)17(20)14-11-13-5-1-2-8-16(13)21-12-14/h1-2,5,8,14-15,19H,3-4,6-7,9-12H2. The molecule has 0 aliphatic carbocycles. The maximum atomic E-state index is 12.8. The molecule has 1 aromatic rings. The van der Waals surface area contributed by atoms with Gasteiger partial charge in [-0.3, -0.25) is 4.79 Å². The Bertz CT molecular complexity index is 503. The highest BCUT2D eigenvalue weighted by Gasteiger charge is 2.34. The number of aliphatic hydroxyl groups excluding tert-OH is 1. The number of fused-ring (bicyclic) bond motifs is 1. The normalized spacial score (nSPS) is 24.5. The molecule has 1 amide bonds. The first kappa shape index (κ1) is 14.4. The summed E-state index contributed by atoms with van der Waals surface area (Å²) in [6.07, 6.45) is 4.60. The van der Waals surface area contributed by atoms with E-state index in [4.69, 9.17) is 9.84 Å². The minimum Gasteiger partial charge on any atom is -0.492 e. The van der Waals surface area contributed by atoms with E-state index in [2.05, 4.69) is 0 Å². The molecule has 4 nitrogen and oxygen atoms in total. The number of likely N-dealkylation sites (tertiary alicyclic amines) is 1. The van der Waals surface area contributed by atoms with E-state index in [0.717, 1.165) is 50.0 Å². The lowest BCUT2D eigenvalue weighted by Crippen LogP contribution is -2.43. The third-order valence-corrected chi connectivity index (χ3v) is 4.58. The van der Waals surface area contributed by atoms with E-state index in [1.165, 1.54) is 0 Å². The van der Waals surface area contributed by atoms with Crippen molar-refractivity contribution in [3.05, 3.63) is 29.8 Å². The molecule has 0 bridgehead atoms. The van der Waals surface area contributed by atoms with Crippen LogP contribution in [0.4, 0.5) is 0 Å². The molecule has 0 spiro atoms. The summed E-state index contributed by atoms with van der Waals surface area (Å²) in [5.74, 6) is 1.08. The van der Waals surface area contributed by atoms with Gasteiger partial charge in [-0.05, 0) is 43.7 Å². The van der Waals surface area contributed by atoms with Gasteiger partial charge >= 0.3 is 0 Å². The maximum absolute atomic E-state index is 12.8. The molecule has 2 aliphatic rings. The largest absolute Gasteiger partial charge is 0.492 e. The van der Waals surface area contributed by atoms with Crippen molar-refractivity contribution in [2.24, 2.45) is 5.92 Å². The van der Waals surface area contributed by atoms with Gasteiger partial charge in [-0.2, -0.15) is 0 Å². The van der Waals surface area contributed by atoms with Gasteiger partial charge in [0, 0.05) is 19.2 Å². The molecule has 3 rings (SSSR count). The SMILES string of the molecule is O=C(C1COc2ccccc2C1)N1CCCC1CCCO. The summed E-state index contributed by atoms with van der Waals surface area (Å²) >= 11 is 0. The molecule has 0 aromatic heterocycles. The van der Waals surface area contributed by atoms with Crippen LogP contribution in [0.1, 0.15) is 31.2 Å². The zero-order valence-corrected chi connectivity index (χ0v) is 12.3. The number of carbonyl (C=O) groups excluding carboxylic acids is 1.